The third-order valence-electron chi connectivity index (χ3n) is 2.51. The lowest BCUT2D eigenvalue weighted by Gasteiger charge is -2.19. The van der Waals surface area contributed by atoms with Gasteiger partial charge in [-0.15, -0.1) is 0 Å². The third kappa shape index (κ3) is 5.37. The van der Waals surface area contributed by atoms with Crippen LogP contribution in [0, 0.1) is 5.82 Å². The van der Waals surface area contributed by atoms with Gasteiger partial charge in [0.25, 0.3) is 0 Å². The Hall–Kier alpha value is -2.41. The summed E-state index contributed by atoms with van der Waals surface area (Å²) in [6.07, 6.45) is 0.433. The molecule has 2 N–H and O–H groups in total. The molecule has 1 aromatic heterocycles. The average molecular weight is 339 g/mol. The third-order valence-corrected chi connectivity index (χ3v) is 2.69. The van der Waals surface area contributed by atoms with Gasteiger partial charge < -0.3 is 10.1 Å². The molecular weight excluding hydrogens is 323 g/mol. The van der Waals surface area contributed by atoms with Crippen molar-refractivity contribution in [3.63, 3.8) is 0 Å². The Morgan fingerprint density at radius 2 is 1.83 bits per heavy atom. The number of carbonyl (C=O) groups excluding carboxylic acids is 1. The van der Waals surface area contributed by atoms with Gasteiger partial charge in [0.15, 0.2) is 11.6 Å². The summed E-state index contributed by atoms with van der Waals surface area (Å²) in [5, 5.41) is 5.32. The largest absolute Gasteiger partial charge is 0.444 e. The normalized spacial score (nSPS) is 11.0. The van der Waals surface area contributed by atoms with Crippen LogP contribution in [0.5, 0.6) is 0 Å². The predicted molar refractivity (Wildman–Crippen MR) is 86.6 cm³/mol. The van der Waals surface area contributed by atoms with Crippen molar-refractivity contribution in [1.29, 1.82) is 0 Å². The summed E-state index contributed by atoms with van der Waals surface area (Å²) in [5.74, 6) is -0.650. The van der Waals surface area contributed by atoms with Gasteiger partial charge in [0.05, 0.1) is 6.20 Å². The number of hydrogen-bond acceptors (Lipinski definition) is 5. The number of amides is 1. The zero-order chi connectivity index (χ0) is 17.0. The second-order valence-electron chi connectivity index (χ2n) is 5.66. The first-order chi connectivity index (χ1) is 10.7. The van der Waals surface area contributed by atoms with Crippen molar-refractivity contribution in [3.05, 3.63) is 41.6 Å². The summed E-state index contributed by atoms with van der Waals surface area (Å²) in [6.45, 7) is 5.34. The van der Waals surface area contributed by atoms with E-state index in [1.54, 1.807) is 45.0 Å². The smallest absolute Gasteiger partial charge is 0.412 e. The fraction of sp³-hybridized carbons (Fsp3) is 0.267. The highest BCUT2D eigenvalue weighted by Gasteiger charge is 2.16. The molecule has 0 fully saturated rings. The van der Waals surface area contributed by atoms with Gasteiger partial charge in [0, 0.05) is 11.4 Å². The number of nitrogens with one attached hydrogen (secondary N) is 2. The number of hydrogen-bond donors (Lipinski definition) is 2. The molecule has 0 aliphatic heterocycles. The Bertz CT molecular complexity index is 702. The van der Waals surface area contributed by atoms with E-state index in [9.17, 15) is 9.18 Å². The van der Waals surface area contributed by atoms with Crippen LogP contribution in [0.3, 0.4) is 0 Å². The minimum atomic E-state index is -0.620. The van der Waals surface area contributed by atoms with Gasteiger partial charge in [-0.1, -0.05) is 0 Å². The van der Waals surface area contributed by atoms with Crippen LogP contribution in [0.15, 0.2) is 30.5 Å². The molecule has 23 heavy (non-hydrogen) atoms. The summed E-state index contributed by atoms with van der Waals surface area (Å²) in [5.41, 5.74) is 0.550. The number of rotatable bonds is 3. The van der Waals surface area contributed by atoms with Gasteiger partial charge in [-0.3, -0.25) is 5.32 Å². The summed E-state index contributed by atoms with van der Waals surface area (Å²) in [4.78, 5) is 18.9. The van der Waals surface area contributed by atoms with Crippen LogP contribution >= 0.6 is 11.6 Å². The molecule has 1 heterocycles. The minimum absolute atomic E-state index is 0.0298. The first-order valence-corrected chi connectivity index (χ1v) is 7.16. The second kappa shape index (κ2) is 6.78. The van der Waals surface area contributed by atoms with Crippen LogP contribution in [-0.2, 0) is 4.74 Å². The molecule has 8 heteroatoms. The van der Waals surface area contributed by atoms with Gasteiger partial charge in [0.2, 0.25) is 5.28 Å². The van der Waals surface area contributed by atoms with E-state index >= 15 is 0 Å². The maximum Gasteiger partial charge on any atom is 0.412 e. The van der Waals surface area contributed by atoms with Crippen molar-refractivity contribution in [2.45, 2.75) is 26.4 Å². The fourth-order valence-corrected chi connectivity index (χ4v) is 1.76. The summed E-state index contributed by atoms with van der Waals surface area (Å²) >= 11 is 5.63. The highest BCUT2D eigenvalue weighted by Crippen LogP contribution is 2.21. The van der Waals surface area contributed by atoms with Crippen molar-refractivity contribution in [3.8, 4) is 0 Å². The van der Waals surface area contributed by atoms with Gasteiger partial charge in [-0.2, -0.15) is 4.98 Å². The van der Waals surface area contributed by atoms with Gasteiger partial charge in [-0.25, -0.2) is 14.2 Å². The topological polar surface area (TPSA) is 76.1 Å². The average Bonchev–Trinajstić information content (AvgIpc) is 2.43. The highest BCUT2D eigenvalue weighted by atomic mass is 35.5. The number of anilines is 3. The number of carbonyl (C=O) groups is 1. The SMILES string of the molecule is CC(C)(C)OC(=O)Nc1ccc(Nc2nc(Cl)ncc2F)cc1. The summed E-state index contributed by atoms with van der Waals surface area (Å²) < 4.78 is 18.7. The second-order valence-corrected chi connectivity index (χ2v) is 6.00. The molecule has 0 spiro atoms. The van der Waals surface area contributed by atoms with Crippen molar-refractivity contribution >= 4 is 34.9 Å². The molecule has 0 aliphatic carbocycles. The van der Waals surface area contributed by atoms with E-state index in [-0.39, 0.29) is 11.1 Å². The van der Waals surface area contributed by atoms with E-state index in [1.807, 2.05) is 0 Å². The van der Waals surface area contributed by atoms with Gasteiger partial charge >= 0.3 is 6.09 Å². The van der Waals surface area contributed by atoms with Crippen LogP contribution in [0.4, 0.5) is 26.4 Å². The van der Waals surface area contributed by atoms with Crippen molar-refractivity contribution in [2.24, 2.45) is 0 Å². The molecule has 6 nitrogen and oxygen atoms in total. The zero-order valence-corrected chi connectivity index (χ0v) is 13.6. The van der Waals surface area contributed by atoms with E-state index in [0.29, 0.717) is 11.4 Å². The van der Waals surface area contributed by atoms with Crippen LogP contribution in [0.1, 0.15) is 20.8 Å². The molecule has 0 saturated carbocycles. The molecule has 1 aromatic carbocycles. The van der Waals surface area contributed by atoms with Crippen LogP contribution < -0.4 is 10.6 Å². The number of ether oxygens (including phenoxy) is 1. The summed E-state index contributed by atoms with van der Waals surface area (Å²) in [7, 11) is 0. The monoisotopic (exact) mass is 338 g/mol. The van der Waals surface area contributed by atoms with Crippen LogP contribution in [0.25, 0.3) is 0 Å². The van der Waals surface area contributed by atoms with E-state index in [2.05, 4.69) is 20.6 Å². The molecule has 0 atom stereocenters. The molecule has 0 radical (unpaired) electrons. The van der Waals surface area contributed by atoms with Crippen molar-refractivity contribution < 1.29 is 13.9 Å². The van der Waals surface area contributed by atoms with E-state index in [1.165, 1.54) is 0 Å². The zero-order valence-electron chi connectivity index (χ0n) is 12.9. The van der Waals surface area contributed by atoms with Crippen molar-refractivity contribution in [1.82, 2.24) is 9.97 Å². The number of aromatic nitrogens is 2. The molecule has 0 unspecified atom stereocenters. The van der Waals surface area contributed by atoms with Crippen molar-refractivity contribution in [2.75, 3.05) is 10.6 Å². The Labute approximate surface area is 138 Å². The van der Waals surface area contributed by atoms with E-state index in [0.717, 1.165) is 6.20 Å². The molecule has 0 bridgehead atoms. The van der Waals surface area contributed by atoms with Crippen LogP contribution in [0.2, 0.25) is 5.28 Å². The number of benzene rings is 1. The standard InChI is InChI=1S/C15H16ClFN4O2/c1-15(2,3)23-14(22)20-10-6-4-9(5-7-10)19-12-11(17)8-18-13(16)21-12/h4-8H,1-3H3,(H,20,22)(H,18,19,21). The Kier molecular flexibility index (Phi) is 5.00. The Morgan fingerprint density at radius 3 is 2.43 bits per heavy atom. The van der Waals surface area contributed by atoms with Crippen LogP contribution in [-0.4, -0.2) is 21.7 Å². The Balaban J connectivity index is 2.02. The number of nitrogens with zero attached hydrogens (tertiary/aromatic N) is 2. The Morgan fingerprint density at radius 1 is 1.22 bits per heavy atom. The lowest BCUT2D eigenvalue weighted by atomic mass is 10.2. The quantitative estimate of drug-likeness (QED) is 0.813. The molecule has 0 aliphatic rings. The maximum atomic E-state index is 13.5. The lowest BCUT2D eigenvalue weighted by molar-refractivity contribution is 0.0636. The fourth-order valence-electron chi connectivity index (χ4n) is 1.63. The molecule has 1 amide bonds. The lowest BCUT2D eigenvalue weighted by Crippen LogP contribution is -2.27. The molecule has 2 aromatic rings. The van der Waals surface area contributed by atoms with Gasteiger partial charge in [0.1, 0.15) is 5.60 Å². The predicted octanol–water partition coefficient (Wildman–Crippen LogP) is 4.36. The van der Waals surface area contributed by atoms with Gasteiger partial charge in [-0.05, 0) is 56.6 Å². The number of halogens is 2. The highest BCUT2D eigenvalue weighted by molar-refractivity contribution is 6.28. The molecule has 122 valence electrons. The molecule has 2 rings (SSSR count). The first kappa shape index (κ1) is 17.0. The molecular formula is C15H16ClFN4O2. The first-order valence-electron chi connectivity index (χ1n) is 6.78. The van der Waals surface area contributed by atoms with E-state index < -0.39 is 17.5 Å². The van der Waals surface area contributed by atoms with E-state index in [4.69, 9.17) is 16.3 Å². The summed E-state index contributed by atoms with van der Waals surface area (Å²) in [6, 6.07) is 6.60. The molecule has 0 saturated heterocycles. The maximum absolute atomic E-state index is 13.5. The minimum Gasteiger partial charge on any atom is -0.444 e.